The predicted molar refractivity (Wildman–Crippen MR) is 63.8 cm³/mol. The van der Waals surface area contributed by atoms with Crippen LogP contribution in [0.5, 0.6) is 11.5 Å². The van der Waals surface area contributed by atoms with Crippen LogP contribution >= 0.6 is 0 Å². The second-order valence-electron chi connectivity index (χ2n) is 4.42. The SMILES string of the molecule is CCN1CCC(Cc2ccc(O)cc2O)C1=O. The summed E-state index contributed by atoms with van der Waals surface area (Å²) >= 11 is 0. The van der Waals surface area contributed by atoms with Crippen LogP contribution in [0.1, 0.15) is 18.9 Å². The monoisotopic (exact) mass is 235 g/mol. The van der Waals surface area contributed by atoms with Gasteiger partial charge in [0.25, 0.3) is 0 Å². The molecular weight excluding hydrogens is 218 g/mol. The quantitative estimate of drug-likeness (QED) is 0.834. The molecule has 1 saturated heterocycles. The van der Waals surface area contributed by atoms with Crippen molar-refractivity contribution in [2.24, 2.45) is 5.92 Å². The number of nitrogens with zero attached hydrogens (tertiary/aromatic N) is 1. The summed E-state index contributed by atoms with van der Waals surface area (Å²) in [6, 6.07) is 4.52. The topological polar surface area (TPSA) is 60.8 Å². The van der Waals surface area contributed by atoms with Crippen molar-refractivity contribution in [3.05, 3.63) is 23.8 Å². The van der Waals surface area contributed by atoms with E-state index in [1.54, 1.807) is 6.07 Å². The minimum Gasteiger partial charge on any atom is -0.508 e. The van der Waals surface area contributed by atoms with Gasteiger partial charge in [0.2, 0.25) is 5.91 Å². The van der Waals surface area contributed by atoms with E-state index in [1.165, 1.54) is 12.1 Å². The second kappa shape index (κ2) is 4.65. The Balaban J connectivity index is 2.09. The number of amides is 1. The van der Waals surface area contributed by atoms with Gasteiger partial charge in [-0.1, -0.05) is 6.07 Å². The van der Waals surface area contributed by atoms with Crippen LogP contribution < -0.4 is 0 Å². The Bertz CT molecular complexity index is 431. The molecule has 0 radical (unpaired) electrons. The maximum absolute atomic E-state index is 11.9. The number of phenols is 2. The number of rotatable bonds is 3. The maximum atomic E-state index is 11.9. The van der Waals surface area contributed by atoms with E-state index in [0.29, 0.717) is 6.42 Å². The molecule has 0 aromatic heterocycles. The zero-order valence-corrected chi connectivity index (χ0v) is 9.89. The lowest BCUT2D eigenvalue weighted by molar-refractivity contribution is -0.130. The summed E-state index contributed by atoms with van der Waals surface area (Å²) in [5.41, 5.74) is 0.721. The lowest BCUT2D eigenvalue weighted by Crippen LogP contribution is -2.27. The second-order valence-corrected chi connectivity index (χ2v) is 4.42. The van der Waals surface area contributed by atoms with Gasteiger partial charge in [0.05, 0.1) is 0 Å². The molecule has 1 fully saturated rings. The smallest absolute Gasteiger partial charge is 0.226 e. The molecule has 2 N–H and O–H groups in total. The van der Waals surface area contributed by atoms with Gasteiger partial charge in [-0.2, -0.15) is 0 Å². The normalized spacial score (nSPS) is 19.9. The largest absolute Gasteiger partial charge is 0.508 e. The number of benzene rings is 1. The Labute approximate surface area is 100 Å². The van der Waals surface area contributed by atoms with Crippen molar-refractivity contribution in [1.29, 1.82) is 0 Å². The molecule has 1 aliphatic rings. The number of aromatic hydroxyl groups is 2. The summed E-state index contributed by atoms with van der Waals surface area (Å²) < 4.78 is 0. The van der Waals surface area contributed by atoms with Crippen LogP contribution in [0.25, 0.3) is 0 Å². The number of hydrogen-bond donors (Lipinski definition) is 2. The van der Waals surface area contributed by atoms with E-state index in [4.69, 9.17) is 0 Å². The van der Waals surface area contributed by atoms with E-state index < -0.39 is 0 Å². The number of phenolic OH excluding ortho intramolecular Hbond substituents is 2. The van der Waals surface area contributed by atoms with Gasteiger partial charge in [0.1, 0.15) is 11.5 Å². The van der Waals surface area contributed by atoms with E-state index in [0.717, 1.165) is 25.1 Å². The Morgan fingerprint density at radius 1 is 1.41 bits per heavy atom. The van der Waals surface area contributed by atoms with Crippen LogP contribution in [0.4, 0.5) is 0 Å². The third-order valence-corrected chi connectivity index (χ3v) is 3.33. The van der Waals surface area contributed by atoms with E-state index in [2.05, 4.69) is 0 Å². The molecule has 1 heterocycles. The molecule has 4 nitrogen and oxygen atoms in total. The molecule has 1 aromatic rings. The average Bonchev–Trinajstić information content (AvgIpc) is 2.64. The highest BCUT2D eigenvalue weighted by atomic mass is 16.3. The van der Waals surface area contributed by atoms with Crippen molar-refractivity contribution >= 4 is 5.91 Å². The molecule has 0 saturated carbocycles. The van der Waals surface area contributed by atoms with Gasteiger partial charge >= 0.3 is 0 Å². The van der Waals surface area contributed by atoms with Crippen molar-refractivity contribution in [3.8, 4) is 11.5 Å². The highest BCUT2D eigenvalue weighted by Gasteiger charge is 2.30. The van der Waals surface area contributed by atoms with E-state index in [-0.39, 0.29) is 23.3 Å². The highest BCUT2D eigenvalue weighted by molar-refractivity contribution is 5.81. The first-order chi connectivity index (χ1) is 8.11. The molecule has 2 rings (SSSR count). The van der Waals surface area contributed by atoms with Crippen molar-refractivity contribution < 1.29 is 15.0 Å². The minimum atomic E-state index is -0.0367. The number of likely N-dealkylation sites (tertiary alicyclic amines) is 1. The first-order valence-corrected chi connectivity index (χ1v) is 5.91. The van der Waals surface area contributed by atoms with Crippen LogP contribution in [0.3, 0.4) is 0 Å². The van der Waals surface area contributed by atoms with Crippen molar-refractivity contribution in [2.45, 2.75) is 19.8 Å². The number of carbonyl (C=O) groups is 1. The molecule has 0 bridgehead atoms. The molecule has 1 atom stereocenters. The van der Waals surface area contributed by atoms with Gasteiger partial charge in [-0.25, -0.2) is 0 Å². The Morgan fingerprint density at radius 2 is 2.18 bits per heavy atom. The number of carbonyl (C=O) groups excluding carboxylic acids is 1. The molecular formula is C13H17NO3. The van der Waals surface area contributed by atoms with Gasteiger partial charge in [0, 0.05) is 25.1 Å². The molecule has 1 aliphatic heterocycles. The molecule has 0 aliphatic carbocycles. The van der Waals surface area contributed by atoms with Crippen molar-refractivity contribution in [3.63, 3.8) is 0 Å². The molecule has 92 valence electrons. The van der Waals surface area contributed by atoms with Crippen LogP contribution in [0.2, 0.25) is 0 Å². The number of hydrogen-bond acceptors (Lipinski definition) is 3. The zero-order chi connectivity index (χ0) is 12.4. The first kappa shape index (κ1) is 11.8. The summed E-state index contributed by atoms with van der Waals surface area (Å²) in [6.07, 6.45) is 1.38. The molecule has 1 unspecified atom stereocenters. The van der Waals surface area contributed by atoms with Crippen LogP contribution in [-0.2, 0) is 11.2 Å². The maximum Gasteiger partial charge on any atom is 0.226 e. The predicted octanol–water partition coefficient (Wildman–Crippen LogP) is 1.51. The minimum absolute atomic E-state index is 0.0367. The Morgan fingerprint density at radius 3 is 2.76 bits per heavy atom. The molecule has 4 heteroatoms. The Hall–Kier alpha value is -1.71. The van der Waals surface area contributed by atoms with Gasteiger partial charge < -0.3 is 15.1 Å². The third kappa shape index (κ3) is 2.35. The van der Waals surface area contributed by atoms with E-state index in [9.17, 15) is 15.0 Å². The van der Waals surface area contributed by atoms with Gasteiger partial charge in [-0.3, -0.25) is 4.79 Å². The Kier molecular flexibility index (Phi) is 3.22. The lowest BCUT2D eigenvalue weighted by atomic mass is 9.97. The molecule has 1 aromatic carbocycles. The molecule has 17 heavy (non-hydrogen) atoms. The van der Waals surface area contributed by atoms with Gasteiger partial charge in [-0.05, 0) is 31.4 Å². The standard InChI is InChI=1S/C13H17NO3/c1-2-14-6-5-10(13(14)17)7-9-3-4-11(15)8-12(9)16/h3-4,8,10,15-16H,2,5-7H2,1H3. The summed E-state index contributed by atoms with van der Waals surface area (Å²) in [6.45, 7) is 3.52. The first-order valence-electron chi connectivity index (χ1n) is 5.91. The van der Waals surface area contributed by atoms with Crippen LogP contribution in [0, 0.1) is 5.92 Å². The van der Waals surface area contributed by atoms with Gasteiger partial charge in [0.15, 0.2) is 0 Å². The van der Waals surface area contributed by atoms with E-state index in [1.807, 2.05) is 11.8 Å². The summed E-state index contributed by atoms with van der Waals surface area (Å²) in [7, 11) is 0. The highest BCUT2D eigenvalue weighted by Crippen LogP contribution is 2.28. The fraction of sp³-hybridized carbons (Fsp3) is 0.462. The van der Waals surface area contributed by atoms with E-state index >= 15 is 0 Å². The van der Waals surface area contributed by atoms with Crippen molar-refractivity contribution in [1.82, 2.24) is 4.90 Å². The van der Waals surface area contributed by atoms with Crippen LogP contribution in [-0.4, -0.2) is 34.1 Å². The third-order valence-electron chi connectivity index (χ3n) is 3.33. The fourth-order valence-corrected chi connectivity index (χ4v) is 2.30. The zero-order valence-electron chi connectivity index (χ0n) is 9.89. The fourth-order valence-electron chi connectivity index (χ4n) is 2.30. The van der Waals surface area contributed by atoms with Crippen molar-refractivity contribution in [2.75, 3.05) is 13.1 Å². The molecule has 0 spiro atoms. The summed E-state index contributed by atoms with van der Waals surface area (Å²) in [5, 5.41) is 18.9. The average molecular weight is 235 g/mol. The van der Waals surface area contributed by atoms with Crippen LogP contribution in [0.15, 0.2) is 18.2 Å². The van der Waals surface area contributed by atoms with Gasteiger partial charge in [-0.15, -0.1) is 0 Å². The lowest BCUT2D eigenvalue weighted by Gasteiger charge is -2.14. The molecule has 1 amide bonds. The summed E-state index contributed by atoms with van der Waals surface area (Å²) in [5.74, 6) is 0.234. The summed E-state index contributed by atoms with van der Waals surface area (Å²) in [4.78, 5) is 13.7.